The van der Waals surface area contributed by atoms with Gasteiger partial charge in [-0.15, -0.1) is 0 Å². The zero-order chi connectivity index (χ0) is 16.0. The Kier molecular flexibility index (Phi) is 4.16. The molecule has 0 heterocycles. The quantitative estimate of drug-likeness (QED) is 0.765. The van der Waals surface area contributed by atoms with E-state index in [2.05, 4.69) is 0 Å². The topological polar surface area (TPSA) is 71.5 Å². The molecular formula is C13H18FNO4S2. The molecule has 0 aliphatic heterocycles. The van der Waals surface area contributed by atoms with E-state index in [1.807, 2.05) is 6.92 Å². The van der Waals surface area contributed by atoms with Crippen molar-refractivity contribution in [1.29, 1.82) is 0 Å². The van der Waals surface area contributed by atoms with Gasteiger partial charge in [-0.1, -0.05) is 6.92 Å². The number of rotatable bonds is 5. The van der Waals surface area contributed by atoms with E-state index in [4.69, 9.17) is 0 Å². The van der Waals surface area contributed by atoms with Crippen molar-refractivity contribution in [3.63, 3.8) is 0 Å². The fourth-order valence-electron chi connectivity index (χ4n) is 2.16. The van der Waals surface area contributed by atoms with Crippen molar-refractivity contribution >= 4 is 19.9 Å². The fraction of sp³-hybridized carbons (Fsp3) is 0.538. The highest BCUT2D eigenvalue weighted by Crippen LogP contribution is 2.39. The van der Waals surface area contributed by atoms with Crippen LogP contribution in [0.2, 0.25) is 0 Å². The number of sulfonamides is 1. The normalized spacial score (nSPS) is 22.5. The largest absolute Gasteiger partial charge is 0.245 e. The predicted octanol–water partition coefficient (Wildman–Crippen LogP) is 1.51. The van der Waals surface area contributed by atoms with Crippen molar-refractivity contribution in [1.82, 2.24) is 4.31 Å². The third-order valence-corrected chi connectivity index (χ3v) is 6.74. The van der Waals surface area contributed by atoms with Crippen LogP contribution in [-0.4, -0.2) is 41.0 Å². The molecule has 1 aromatic rings. The minimum Gasteiger partial charge on any atom is -0.224 e. The summed E-state index contributed by atoms with van der Waals surface area (Å²) in [4.78, 5) is -0.808. The maximum atomic E-state index is 13.8. The van der Waals surface area contributed by atoms with Crippen LogP contribution in [-0.2, 0) is 19.9 Å². The standard InChI is InChI=1S/C13H18FNO4S2/c1-9-6-10(9)8-15(2)21(18,19)13-7-11(20(3,16)17)4-5-12(13)14/h4-5,7,9-10H,6,8H2,1-3H3. The van der Waals surface area contributed by atoms with Gasteiger partial charge in [0.15, 0.2) is 9.84 Å². The first-order valence-corrected chi connectivity index (χ1v) is 9.82. The van der Waals surface area contributed by atoms with E-state index in [1.54, 1.807) is 0 Å². The highest BCUT2D eigenvalue weighted by molar-refractivity contribution is 7.91. The molecule has 0 aromatic heterocycles. The van der Waals surface area contributed by atoms with Gasteiger partial charge in [0, 0.05) is 19.8 Å². The second-order valence-electron chi connectivity index (χ2n) is 5.62. The van der Waals surface area contributed by atoms with Crippen molar-refractivity contribution in [3.8, 4) is 0 Å². The SMILES string of the molecule is CC1CC1CN(C)S(=O)(=O)c1cc(S(C)(=O)=O)ccc1F. The Morgan fingerprint density at radius 1 is 1.29 bits per heavy atom. The van der Waals surface area contributed by atoms with Gasteiger partial charge in [0.1, 0.15) is 10.7 Å². The molecular weight excluding hydrogens is 317 g/mol. The van der Waals surface area contributed by atoms with Crippen molar-refractivity contribution in [2.24, 2.45) is 11.8 Å². The average Bonchev–Trinajstić information content (AvgIpc) is 3.03. The van der Waals surface area contributed by atoms with E-state index in [1.165, 1.54) is 7.05 Å². The molecule has 0 bridgehead atoms. The lowest BCUT2D eigenvalue weighted by Crippen LogP contribution is -2.30. The number of halogens is 1. The molecule has 1 fully saturated rings. The molecule has 5 nitrogen and oxygen atoms in total. The molecule has 0 spiro atoms. The average molecular weight is 335 g/mol. The lowest BCUT2D eigenvalue weighted by molar-refractivity contribution is 0.439. The molecule has 118 valence electrons. The van der Waals surface area contributed by atoms with Gasteiger partial charge in [-0.05, 0) is 36.5 Å². The predicted molar refractivity (Wildman–Crippen MR) is 76.6 cm³/mol. The first kappa shape index (κ1) is 16.4. The van der Waals surface area contributed by atoms with Crippen molar-refractivity contribution < 1.29 is 21.2 Å². The number of hydrogen-bond acceptors (Lipinski definition) is 4. The van der Waals surface area contributed by atoms with Crippen molar-refractivity contribution in [3.05, 3.63) is 24.0 Å². The number of nitrogens with zero attached hydrogens (tertiary/aromatic N) is 1. The fourth-order valence-corrected chi connectivity index (χ4v) is 4.20. The number of benzene rings is 1. The molecule has 2 rings (SSSR count). The van der Waals surface area contributed by atoms with Gasteiger partial charge in [-0.3, -0.25) is 0 Å². The molecule has 8 heteroatoms. The lowest BCUT2D eigenvalue weighted by atomic mass is 10.3. The van der Waals surface area contributed by atoms with Gasteiger partial charge < -0.3 is 0 Å². The minimum absolute atomic E-state index is 0.212. The molecule has 0 radical (unpaired) electrons. The van der Waals surface area contributed by atoms with E-state index in [-0.39, 0.29) is 10.8 Å². The first-order chi connectivity index (χ1) is 9.53. The van der Waals surface area contributed by atoms with Gasteiger partial charge in [-0.2, -0.15) is 0 Å². The summed E-state index contributed by atoms with van der Waals surface area (Å²) in [6.07, 6.45) is 1.90. The monoisotopic (exact) mass is 335 g/mol. The maximum Gasteiger partial charge on any atom is 0.245 e. The van der Waals surface area contributed by atoms with Gasteiger partial charge in [0.05, 0.1) is 4.90 Å². The van der Waals surface area contributed by atoms with E-state index in [9.17, 15) is 21.2 Å². The molecule has 0 amide bonds. The Hall–Kier alpha value is -0.990. The Bertz CT molecular complexity index is 758. The summed E-state index contributed by atoms with van der Waals surface area (Å²) >= 11 is 0. The third kappa shape index (κ3) is 3.44. The van der Waals surface area contributed by atoms with Gasteiger partial charge in [0.25, 0.3) is 0 Å². The highest BCUT2D eigenvalue weighted by atomic mass is 32.2. The second kappa shape index (κ2) is 5.33. The van der Waals surface area contributed by atoms with Crippen LogP contribution in [0.25, 0.3) is 0 Å². The van der Waals surface area contributed by atoms with Crippen LogP contribution in [0, 0.1) is 17.7 Å². The number of hydrogen-bond donors (Lipinski definition) is 0. The van der Waals surface area contributed by atoms with E-state index in [0.717, 1.165) is 35.2 Å². The van der Waals surface area contributed by atoms with Gasteiger partial charge in [-0.25, -0.2) is 25.5 Å². The minimum atomic E-state index is -4.04. The molecule has 1 saturated carbocycles. The summed E-state index contributed by atoms with van der Waals surface area (Å²) in [7, 11) is -6.25. The molecule has 1 aromatic carbocycles. The smallest absolute Gasteiger partial charge is 0.224 e. The summed E-state index contributed by atoms with van der Waals surface area (Å²) in [5.41, 5.74) is 0. The summed E-state index contributed by atoms with van der Waals surface area (Å²) in [5.74, 6) is -0.195. The van der Waals surface area contributed by atoms with Crippen LogP contribution in [0.1, 0.15) is 13.3 Å². The molecule has 2 atom stereocenters. The molecule has 2 unspecified atom stereocenters. The van der Waals surface area contributed by atoms with E-state index in [0.29, 0.717) is 12.5 Å². The summed E-state index contributed by atoms with van der Waals surface area (Å²) in [5, 5.41) is 0. The van der Waals surface area contributed by atoms with Crippen LogP contribution in [0.15, 0.2) is 28.0 Å². The third-order valence-electron chi connectivity index (χ3n) is 3.79. The lowest BCUT2D eigenvalue weighted by Gasteiger charge is -2.18. The van der Waals surface area contributed by atoms with Crippen LogP contribution in [0.4, 0.5) is 4.39 Å². The van der Waals surface area contributed by atoms with Gasteiger partial charge in [0.2, 0.25) is 10.0 Å². The highest BCUT2D eigenvalue weighted by Gasteiger charge is 2.37. The Balaban J connectivity index is 2.39. The zero-order valence-corrected chi connectivity index (χ0v) is 13.7. The second-order valence-corrected chi connectivity index (χ2v) is 9.65. The van der Waals surface area contributed by atoms with Crippen LogP contribution < -0.4 is 0 Å². The Morgan fingerprint density at radius 2 is 1.86 bits per heavy atom. The van der Waals surface area contributed by atoms with Gasteiger partial charge >= 0.3 is 0 Å². The Morgan fingerprint density at radius 3 is 2.33 bits per heavy atom. The summed E-state index contributed by atoms with van der Waals surface area (Å²) in [6.45, 7) is 2.34. The number of sulfone groups is 1. The maximum absolute atomic E-state index is 13.8. The van der Waals surface area contributed by atoms with E-state index >= 15 is 0 Å². The van der Waals surface area contributed by atoms with Crippen molar-refractivity contribution in [2.45, 2.75) is 23.1 Å². The van der Waals surface area contributed by atoms with Crippen LogP contribution in [0.3, 0.4) is 0 Å². The van der Waals surface area contributed by atoms with Crippen molar-refractivity contribution in [2.75, 3.05) is 19.8 Å². The zero-order valence-electron chi connectivity index (χ0n) is 12.1. The van der Waals surface area contributed by atoms with Crippen LogP contribution in [0.5, 0.6) is 0 Å². The first-order valence-electron chi connectivity index (χ1n) is 6.49. The molecule has 1 aliphatic rings. The summed E-state index contributed by atoms with van der Waals surface area (Å²) < 4.78 is 62.7. The summed E-state index contributed by atoms with van der Waals surface area (Å²) in [6, 6.07) is 2.82. The molecule has 0 N–H and O–H groups in total. The molecule has 1 aliphatic carbocycles. The van der Waals surface area contributed by atoms with E-state index < -0.39 is 30.6 Å². The Labute approximate surface area is 124 Å². The molecule has 21 heavy (non-hydrogen) atoms. The molecule has 0 saturated heterocycles. The van der Waals surface area contributed by atoms with Crippen LogP contribution >= 0.6 is 0 Å².